The highest BCUT2D eigenvalue weighted by Crippen LogP contribution is 2.26. The first kappa shape index (κ1) is 11.6. The molecular weight excluding hydrogens is 222 g/mol. The summed E-state index contributed by atoms with van der Waals surface area (Å²) in [6.07, 6.45) is 5.26. The van der Waals surface area contributed by atoms with Crippen LogP contribution in [0.15, 0.2) is 5.38 Å². The summed E-state index contributed by atoms with van der Waals surface area (Å²) in [4.78, 5) is 16.0. The Bertz CT molecular complexity index is 356. The average molecular weight is 239 g/mol. The first-order valence-corrected chi connectivity index (χ1v) is 6.77. The quantitative estimate of drug-likeness (QED) is 0.758. The van der Waals surface area contributed by atoms with Gasteiger partial charge in [0.2, 0.25) is 0 Å². The lowest BCUT2D eigenvalue weighted by Crippen LogP contribution is -2.14. The Hall–Kier alpha value is -0.900. The molecule has 1 fully saturated rings. The Morgan fingerprint density at radius 1 is 1.56 bits per heavy atom. The van der Waals surface area contributed by atoms with Crippen LogP contribution < -0.4 is 0 Å². The molecule has 0 unspecified atom stereocenters. The van der Waals surface area contributed by atoms with E-state index in [0.29, 0.717) is 6.61 Å². The number of thiazole rings is 1. The Kier molecular flexibility index (Phi) is 3.93. The van der Waals surface area contributed by atoms with Gasteiger partial charge in [0.1, 0.15) is 6.61 Å². The van der Waals surface area contributed by atoms with E-state index >= 15 is 0 Å². The van der Waals surface area contributed by atoms with Crippen molar-refractivity contribution in [2.75, 3.05) is 0 Å². The molecule has 1 heterocycles. The van der Waals surface area contributed by atoms with E-state index in [1.165, 1.54) is 0 Å². The van der Waals surface area contributed by atoms with Gasteiger partial charge in [-0.1, -0.05) is 19.8 Å². The van der Waals surface area contributed by atoms with Crippen LogP contribution in [0.1, 0.15) is 43.3 Å². The smallest absolute Gasteiger partial charge is 0.309 e. The van der Waals surface area contributed by atoms with E-state index in [4.69, 9.17) is 4.74 Å². The minimum Gasteiger partial charge on any atom is -0.459 e. The zero-order chi connectivity index (χ0) is 11.4. The van der Waals surface area contributed by atoms with Crippen LogP contribution in [0.4, 0.5) is 0 Å². The van der Waals surface area contributed by atoms with Crippen LogP contribution in [0.2, 0.25) is 0 Å². The molecule has 0 aromatic carbocycles. The molecule has 16 heavy (non-hydrogen) atoms. The summed E-state index contributed by atoms with van der Waals surface area (Å²) in [7, 11) is 0. The summed E-state index contributed by atoms with van der Waals surface area (Å²) in [5, 5.41) is 3.08. The molecule has 0 bridgehead atoms. The van der Waals surface area contributed by atoms with Gasteiger partial charge in [0, 0.05) is 5.38 Å². The number of esters is 1. The van der Waals surface area contributed by atoms with Gasteiger partial charge in [-0.15, -0.1) is 11.3 Å². The van der Waals surface area contributed by atoms with Crippen LogP contribution in [-0.4, -0.2) is 11.0 Å². The summed E-state index contributed by atoms with van der Waals surface area (Å²) in [5.74, 6) is 0.104. The van der Waals surface area contributed by atoms with Crippen molar-refractivity contribution in [3.05, 3.63) is 16.1 Å². The fraction of sp³-hybridized carbons (Fsp3) is 0.667. The third-order valence-corrected chi connectivity index (χ3v) is 3.99. The van der Waals surface area contributed by atoms with Gasteiger partial charge in [0.05, 0.1) is 16.6 Å². The Labute approximate surface area is 99.8 Å². The van der Waals surface area contributed by atoms with Crippen molar-refractivity contribution in [1.29, 1.82) is 0 Å². The van der Waals surface area contributed by atoms with Crippen LogP contribution in [-0.2, 0) is 22.6 Å². The van der Waals surface area contributed by atoms with Crippen molar-refractivity contribution < 1.29 is 9.53 Å². The summed E-state index contributed by atoms with van der Waals surface area (Å²) in [5.41, 5.74) is 0.883. The molecule has 0 amide bonds. The van der Waals surface area contributed by atoms with Gasteiger partial charge in [-0.05, 0) is 19.3 Å². The number of hydrogen-bond donors (Lipinski definition) is 0. The first-order valence-electron chi connectivity index (χ1n) is 5.89. The Balaban J connectivity index is 1.80. The Morgan fingerprint density at radius 3 is 2.94 bits per heavy atom. The van der Waals surface area contributed by atoms with Crippen molar-refractivity contribution in [2.24, 2.45) is 5.92 Å². The molecule has 4 heteroatoms. The van der Waals surface area contributed by atoms with Crippen LogP contribution in [0.5, 0.6) is 0 Å². The SMILES string of the molecule is CCc1nc(COC(=O)C2CCCC2)cs1. The summed E-state index contributed by atoms with van der Waals surface area (Å²) in [6, 6.07) is 0. The number of ether oxygens (including phenoxy) is 1. The maximum Gasteiger partial charge on any atom is 0.309 e. The molecule has 0 spiro atoms. The molecule has 0 atom stereocenters. The van der Waals surface area contributed by atoms with Crippen LogP contribution in [0.25, 0.3) is 0 Å². The van der Waals surface area contributed by atoms with E-state index in [1.54, 1.807) is 11.3 Å². The molecule has 1 aliphatic rings. The Morgan fingerprint density at radius 2 is 2.31 bits per heavy atom. The summed E-state index contributed by atoms with van der Waals surface area (Å²) >= 11 is 1.63. The summed E-state index contributed by atoms with van der Waals surface area (Å²) < 4.78 is 5.28. The minimum absolute atomic E-state index is 0.0384. The highest BCUT2D eigenvalue weighted by Gasteiger charge is 2.24. The van der Waals surface area contributed by atoms with Crippen molar-refractivity contribution in [1.82, 2.24) is 4.98 Å². The summed E-state index contributed by atoms with van der Waals surface area (Å²) in [6.45, 7) is 2.42. The molecule has 1 saturated carbocycles. The van der Waals surface area contributed by atoms with Crippen molar-refractivity contribution in [2.45, 2.75) is 45.6 Å². The van der Waals surface area contributed by atoms with Gasteiger partial charge in [-0.3, -0.25) is 4.79 Å². The van der Waals surface area contributed by atoms with Crippen LogP contribution in [0, 0.1) is 5.92 Å². The van der Waals surface area contributed by atoms with Crippen LogP contribution in [0.3, 0.4) is 0 Å². The predicted octanol–water partition coefficient (Wildman–Crippen LogP) is 2.94. The fourth-order valence-corrected chi connectivity index (χ4v) is 2.73. The monoisotopic (exact) mass is 239 g/mol. The molecule has 0 N–H and O–H groups in total. The molecule has 2 rings (SSSR count). The normalized spacial score (nSPS) is 16.6. The highest BCUT2D eigenvalue weighted by atomic mass is 32.1. The average Bonchev–Trinajstić information content (AvgIpc) is 2.96. The minimum atomic E-state index is -0.0384. The number of carbonyl (C=O) groups is 1. The first-order chi connectivity index (χ1) is 7.79. The molecule has 0 saturated heterocycles. The number of aryl methyl sites for hydroxylation is 1. The number of carbonyl (C=O) groups excluding carboxylic acids is 1. The van der Waals surface area contributed by atoms with Crippen molar-refractivity contribution in [3.8, 4) is 0 Å². The zero-order valence-electron chi connectivity index (χ0n) is 9.57. The van der Waals surface area contributed by atoms with Crippen LogP contribution >= 0.6 is 11.3 Å². The second-order valence-electron chi connectivity index (χ2n) is 4.18. The lowest BCUT2D eigenvalue weighted by Gasteiger charge is -2.07. The van der Waals surface area contributed by atoms with Gasteiger partial charge in [0.25, 0.3) is 0 Å². The van der Waals surface area contributed by atoms with E-state index in [-0.39, 0.29) is 11.9 Å². The second-order valence-corrected chi connectivity index (χ2v) is 5.12. The lowest BCUT2D eigenvalue weighted by molar-refractivity contribution is -0.149. The standard InChI is InChI=1S/C12H17NO2S/c1-2-11-13-10(8-16-11)7-15-12(14)9-5-3-4-6-9/h8-9H,2-7H2,1H3. The largest absolute Gasteiger partial charge is 0.459 e. The number of aromatic nitrogens is 1. The second kappa shape index (κ2) is 5.43. The van der Waals surface area contributed by atoms with Gasteiger partial charge in [0.15, 0.2) is 0 Å². The molecule has 1 aliphatic carbocycles. The van der Waals surface area contributed by atoms with E-state index in [9.17, 15) is 4.79 Å². The maximum absolute atomic E-state index is 11.6. The predicted molar refractivity (Wildman–Crippen MR) is 63.2 cm³/mol. The molecule has 0 aliphatic heterocycles. The number of rotatable bonds is 4. The molecule has 1 aromatic rings. The molecular formula is C12H17NO2S. The third-order valence-electron chi connectivity index (χ3n) is 2.95. The number of nitrogens with zero attached hydrogens (tertiary/aromatic N) is 1. The third kappa shape index (κ3) is 2.82. The van der Waals surface area contributed by atoms with E-state index in [1.807, 2.05) is 5.38 Å². The maximum atomic E-state index is 11.6. The van der Waals surface area contributed by atoms with E-state index in [0.717, 1.165) is 42.8 Å². The van der Waals surface area contributed by atoms with E-state index in [2.05, 4.69) is 11.9 Å². The van der Waals surface area contributed by atoms with Crippen molar-refractivity contribution >= 4 is 17.3 Å². The molecule has 1 aromatic heterocycles. The molecule has 3 nitrogen and oxygen atoms in total. The van der Waals surface area contributed by atoms with Gasteiger partial charge < -0.3 is 4.74 Å². The van der Waals surface area contributed by atoms with E-state index < -0.39 is 0 Å². The van der Waals surface area contributed by atoms with Gasteiger partial charge in [-0.25, -0.2) is 4.98 Å². The molecule has 88 valence electrons. The lowest BCUT2D eigenvalue weighted by atomic mass is 10.1. The number of hydrogen-bond acceptors (Lipinski definition) is 4. The fourth-order valence-electron chi connectivity index (χ4n) is 2.00. The van der Waals surface area contributed by atoms with Gasteiger partial charge >= 0.3 is 5.97 Å². The topological polar surface area (TPSA) is 39.2 Å². The van der Waals surface area contributed by atoms with Crippen molar-refractivity contribution in [3.63, 3.8) is 0 Å². The highest BCUT2D eigenvalue weighted by molar-refractivity contribution is 7.09. The molecule has 0 radical (unpaired) electrons. The zero-order valence-corrected chi connectivity index (χ0v) is 10.4. The van der Waals surface area contributed by atoms with Gasteiger partial charge in [-0.2, -0.15) is 0 Å².